The molecule has 0 unspecified atom stereocenters. The molecule has 2 rings (SSSR count). The number of hydrogen-bond acceptors (Lipinski definition) is 2. The molecule has 1 N–H and O–H groups in total. The number of halogens is 1. The van der Waals surface area contributed by atoms with Gasteiger partial charge in [-0.2, -0.15) is 0 Å². The molecule has 3 heteroatoms. The van der Waals surface area contributed by atoms with Crippen LogP contribution in [0.5, 0.6) is 5.75 Å². The Morgan fingerprint density at radius 1 is 1.11 bits per heavy atom. The average molecular weight is 320 g/mol. The molecule has 0 heterocycles. The number of anilines is 1. The molecule has 0 aliphatic rings. The van der Waals surface area contributed by atoms with Crippen LogP contribution in [-0.2, 0) is 6.54 Å². The Balaban J connectivity index is 1.96. The van der Waals surface area contributed by atoms with Gasteiger partial charge in [0.25, 0.3) is 0 Å². The van der Waals surface area contributed by atoms with Crippen molar-refractivity contribution in [1.82, 2.24) is 0 Å². The first kappa shape index (κ1) is 13.9. The molecule has 0 fully saturated rings. The van der Waals surface area contributed by atoms with Crippen LogP contribution in [-0.4, -0.2) is 6.61 Å². The quantitative estimate of drug-likeness (QED) is 0.857. The van der Waals surface area contributed by atoms with Crippen LogP contribution in [0.25, 0.3) is 0 Å². The number of ether oxygens (including phenoxy) is 1. The summed E-state index contributed by atoms with van der Waals surface area (Å²) in [5.74, 6) is 0.922. The lowest BCUT2D eigenvalue weighted by molar-refractivity contribution is 0.340. The van der Waals surface area contributed by atoms with Crippen LogP contribution in [0.4, 0.5) is 5.69 Å². The summed E-state index contributed by atoms with van der Waals surface area (Å²) < 4.78 is 6.56. The van der Waals surface area contributed by atoms with E-state index in [4.69, 9.17) is 4.74 Å². The van der Waals surface area contributed by atoms with E-state index in [9.17, 15) is 0 Å². The van der Waals surface area contributed by atoms with Crippen molar-refractivity contribution >= 4 is 21.6 Å². The maximum absolute atomic E-state index is 5.43. The summed E-state index contributed by atoms with van der Waals surface area (Å²) in [6.45, 7) is 5.60. The second kappa shape index (κ2) is 6.62. The largest absolute Gasteiger partial charge is 0.494 e. The molecule has 100 valence electrons. The molecule has 0 aliphatic heterocycles. The van der Waals surface area contributed by atoms with E-state index in [1.807, 2.05) is 19.1 Å². The third kappa shape index (κ3) is 4.00. The summed E-state index contributed by atoms with van der Waals surface area (Å²) in [4.78, 5) is 0. The summed E-state index contributed by atoms with van der Waals surface area (Å²) in [5, 5.41) is 3.42. The lowest BCUT2D eigenvalue weighted by Crippen LogP contribution is -2.00. The third-order valence-corrected chi connectivity index (χ3v) is 3.78. The molecule has 2 aromatic rings. The number of rotatable bonds is 5. The number of nitrogens with one attached hydrogen (secondary N) is 1. The van der Waals surface area contributed by atoms with E-state index >= 15 is 0 Å². The molecule has 0 aliphatic carbocycles. The van der Waals surface area contributed by atoms with Gasteiger partial charge >= 0.3 is 0 Å². The predicted octanol–water partition coefficient (Wildman–Crippen LogP) is 4.77. The first-order valence-electron chi connectivity index (χ1n) is 6.41. The highest BCUT2D eigenvalue weighted by molar-refractivity contribution is 9.10. The SMILES string of the molecule is CCOc1ccc(CNc2ccc(Br)c(C)c2)cc1. The normalized spacial score (nSPS) is 10.3. The van der Waals surface area contributed by atoms with Crippen molar-refractivity contribution in [3.8, 4) is 5.75 Å². The first-order valence-corrected chi connectivity index (χ1v) is 7.20. The van der Waals surface area contributed by atoms with Crippen LogP contribution in [0, 0.1) is 6.92 Å². The van der Waals surface area contributed by atoms with Gasteiger partial charge in [-0.3, -0.25) is 0 Å². The van der Waals surface area contributed by atoms with E-state index < -0.39 is 0 Å². The van der Waals surface area contributed by atoms with Crippen molar-refractivity contribution in [2.45, 2.75) is 20.4 Å². The second-order valence-corrected chi connectivity index (χ2v) is 5.25. The highest BCUT2D eigenvalue weighted by Gasteiger charge is 1.98. The fourth-order valence-corrected chi connectivity index (χ4v) is 2.08. The van der Waals surface area contributed by atoms with Crippen molar-refractivity contribution in [3.05, 3.63) is 58.1 Å². The van der Waals surface area contributed by atoms with Crippen LogP contribution < -0.4 is 10.1 Å². The Morgan fingerprint density at radius 3 is 2.47 bits per heavy atom. The molecular weight excluding hydrogens is 302 g/mol. The lowest BCUT2D eigenvalue weighted by Gasteiger charge is -2.09. The van der Waals surface area contributed by atoms with Crippen molar-refractivity contribution < 1.29 is 4.74 Å². The maximum atomic E-state index is 5.43. The second-order valence-electron chi connectivity index (χ2n) is 4.39. The van der Waals surface area contributed by atoms with Crippen LogP contribution in [0.15, 0.2) is 46.9 Å². The van der Waals surface area contributed by atoms with Crippen molar-refractivity contribution in [3.63, 3.8) is 0 Å². The highest BCUT2D eigenvalue weighted by atomic mass is 79.9. The number of aryl methyl sites for hydroxylation is 1. The van der Waals surface area contributed by atoms with Gasteiger partial charge in [0, 0.05) is 16.7 Å². The maximum Gasteiger partial charge on any atom is 0.119 e. The summed E-state index contributed by atoms with van der Waals surface area (Å²) in [6, 6.07) is 14.5. The van der Waals surface area contributed by atoms with Crippen LogP contribution >= 0.6 is 15.9 Å². The molecule has 0 radical (unpaired) electrons. The minimum atomic E-state index is 0.704. The Morgan fingerprint density at radius 2 is 1.84 bits per heavy atom. The topological polar surface area (TPSA) is 21.3 Å². The monoisotopic (exact) mass is 319 g/mol. The van der Waals surface area contributed by atoms with Gasteiger partial charge in [0.1, 0.15) is 5.75 Å². The molecule has 0 amide bonds. The smallest absolute Gasteiger partial charge is 0.119 e. The van der Waals surface area contributed by atoms with E-state index in [1.54, 1.807) is 0 Å². The fourth-order valence-electron chi connectivity index (χ4n) is 1.83. The summed E-state index contributed by atoms with van der Waals surface area (Å²) in [7, 11) is 0. The Kier molecular flexibility index (Phi) is 4.86. The van der Waals surface area contributed by atoms with Gasteiger partial charge < -0.3 is 10.1 Å². The average Bonchev–Trinajstić information content (AvgIpc) is 2.42. The predicted molar refractivity (Wildman–Crippen MR) is 83.8 cm³/mol. The van der Waals surface area contributed by atoms with Crippen LogP contribution in [0.3, 0.4) is 0 Å². The standard InChI is InChI=1S/C16H18BrNO/c1-3-19-15-7-4-13(5-8-15)11-18-14-6-9-16(17)12(2)10-14/h4-10,18H,3,11H2,1-2H3. The zero-order chi connectivity index (χ0) is 13.7. The van der Waals surface area contributed by atoms with E-state index in [0.29, 0.717) is 6.61 Å². The summed E-state index contributed by atoms with van der Waals surface area (Å²) in [5.41, 5.74) is 3.61. The fraction of sp³-hybridized carbons (Fsp3) is 0.250. The van der Waals surface area contributed by atoms with E-state index in [1.165, 1.54) is 11.1 Å². The molecule has 0 saturated carbocycles. The zero-order valence-corrected chi connectivity index (χ0v) is 12.8. The zero-order valence-electron chi connectivity index (χ0n) is 11.2. The molecule has 0 aromatic heterocycles. The van der Waals surface area contributed by atoms with Gasteiger partial charge in [0.2, 0.25) is 0 Å². The van der Waals surface area contributed by atoms with Gasteiger partial charge in [-0.25, -0.2) is 0 Å². The van der Waals surface area contributed by atoms with Gasteiger partial charge in [-0.05, 0) is 55.3 Å². The van der Waals surface area contributed by atoms with E-state index in [2.05, 4.69) is 58.5 Å². The Labute approximate surface area is 122 Å². The van der Waals surface area contributed by atoms with Gasteiger partial charge in [0.05, 0.1) is 6.61 Å². The molecule has 2 nitrogen and oxygen atoms in total. The Bertz CT molecular complexity index is 537. The van der Waals surface area contributed by atoms with Crippen LogP contribution in [0.1, 0.15) is 18.1 Å². The first-order chi connectivity index (χ1) is 9.19. The minimum Gasteiger partial charge on any atom is -0.494 e. The highest BCUT2D eigenvalue weighted by Crippen LogP contribution is 2.20. The van der Waals surface area contributed by atoms with Crippen molar-refractivity contribution in [1.29, 1.82) is 0 Å². The van der Waals surface area contributed by atoms with Crippen molar-refractivity contribution in [2.75, 3.05) is 11.9 Å². The van der Waals surface area contributed by atoms with Gasteiger partial charge in [0.15, 0.2) is 0 Å². The van der Waals surface area contributed by atoms with E-state index in [0.717, 1.165) is 22.5 Å². The molecule has 0 atom stereocenters. The van der Waals surface area contributed by atoms with Crippen molar-refractivity contribution in [2.24, 2.45) is 0 Å². The molecule has 0 saturated heterocycles. The van der Waals surface area contributed by atoms with Crippen LogP contribution in [0.2, 0.25) is 0 Å². The third-order valence-electron chi connectivity index (χ3n) is 2.89. The molecule has 19 heavy (non-hydrogen) atoms. The summed E-state index contributed by atoms with van der Waals surface area (Å²) in [6.07, 6.45) is 0. The minimum absolute atomic E-state index is 0.704. The number of hydrogen-bond donors (Lipinski definition) is 1. The molecule has 0 bridgehead atoms. The lowest BCUT2D eigenvalue weighted by atomic mass is 10.2. The van der Waals surface area contributed by atoms with Gasteiger partial charge in [-0.15, -0.1) is 0 Å². The van der Waals surface area contributed by atoms with E-state index in [-0.39, 0.29) is 0 Å². The summed E-state index contributed by atoms with van der Waals surface area (Å²) >= 11 is 3.51. The molecule has 0 spiro atoms. The van der Waals surface area contributed by atoms with Gasteiger partial charge in [-0.1, -0.05) is 28.1 Å². The molecule has 2 aromatic carbocycles. The number of benzene rings is 2. The Hall–Kier alpha value is -1.48. The molecular formula is C16H18BrNO.